The number of hydrogen-bond acceptors (Lipinski definition) is 2. The van der Waals surface area contributed by atoms with Crippen LogP contribution in [0.2, 0.25) is 0 Å². The summed E-state index contributed by atoms with van der Waals surface area (Å²) in [4.78, 5) is 14.1. The molecule has 3 nitrogen and oxygen atoms in total. The molecule has 0 N–H and O–H groups in total. The summed E-state index contributed by atoms with van der Waals surface area (Å²) in [6, 6.07) is 27.5. The van der Waals surface area contributed by atoms with Crippen LogP contribution in [0.4, 0.5) is 17.6 Å². The molecule has 6 rings (SSSR count). The van der Waals surface area contributed by atoms with E-state index in [9.17, 15) is 22.4 Å². The number of aryl methyl sites for hydroxylation is 3. The van der Waals surface area contributed by atoms with Crippen LogP contribution < -0.4 is 4.74 Å². The van der Waals surface area contributed by atoms with Crippen molar-refractivity contribution >= 4 is 38.4 Å². The lowest BCUT2D eigenvalue weighted by Gasteiger charge is -2.19. The van der Waals surface area contributed by atoms with Crippen LogP contribution in [0, 0.1) is 26.7 Å². The van der Waals surface area contributed by atoms with E-state index in [1.165, 1.54) is 18.6 Å². The van der Waals surface area contributed by atoms with E-state index in [1.54, 1.807) is 12.1 Å². The number of carbonyl (C=O) groups is 1. The number of hydrogen-bond donors (Lipinski definition) is 0. The van der Waals surface area contributed by atoms with E-state index in [4.69, 9.17) is 4.74 Å². The Balaban J connectivity index is 1.48. The van der Waals surface area contributed by atoms with E-state index in [-0.39, 0.29) is 11.5 Å². The van der Waals surface area contributed by atoms with E-state index >= 15 is 0 Å². The van der Waals surface area contributed by atoms with Gasteiger partial charge in [-0.25, -0.2) is 8.78 Å². The van der Waals surface area contributed by atoms with E-state index in [1.807, 2.05) is 32.9 Å². The van der Waals surface area contributed by atoms with E-state index < -0.39 is 19.0 Å². The average molecular weight is 696 g/mol. The summed E-state index contributed by atoms with van der Waals surface area (Å²) in [5.41, 5.74) is 8.70. The molecule has 0 saturated carbocycles. The molecule has 0 aliphatic carbocycles. The van der Waals surface area contributed by atoms with Crippen LogP contribution >= 0.6 is 0 Å². The molecule has 0 fully saturated rings. The first-order valence-electron chi connectivity index (χ1n) is 17.9. The molecule has 51 heavy (non-hydrogen) atoms. The summed E-state index contributed by atoms with van der Waals surface area (Å²) in [6.45, 7) is 10.00. The summed E-state index contributed by atoms with van der Waals surface area (Å²) in [6.07, 6.45) is 1.29. The molecule has 7 heteroatoms. The molecule has 0 aliphatic heterocycles. The fraction of sp³-hybridized carbons (Fsp3) is 0.341. The molecular weight excluding hydrogens is 650 g/mol. The van der Waals surface area contributed by atoms with Gasteiger partial charge in [-0.05, 0) is 104 Å². The molecule has 0 aliphatic rings. The molecule has 1 unspecified atom stereocenters. The predicted molar refractivity (Wildman–Crippen MR) is 200 cm³/mol. The van der Waals surface area contributed by atoms with Gasteiger partial charge in [-0.15, -0.1) is 0 Å². The zero-order valence-corrected chi connectivity index (χ0v) is 30.0. The van der Waals surface area contributed by atoms with Crippen molar-refractivity contribution in [3.63, 3.8) is 0 Å². The molecule has 0 bridgehead atoms. The van der Waals surface area contributed by atoms with Crippen molar-refractivity contribution in [2.75, 3.05) is 6.61 Å². The van der Waals surface area contributed by atoms with Crippen LogP contribution in [0.1, 0.15) is 83.3 Å². The van der Waals surface area contributed by atoms with Crippen molar-refractivity contribution in [2.24, 2.45) is 5.92 Å². The zero-order valence-electron chi connectivity index (χ0n) is 30.0. The third-order valence-electron chi connectivity index (χ3n) is 10.2. The van der Waals surface area contributed by atoms with Gasteiger partial charge in [0.15, 0.2) is 12.4 Å². The lowest BCUT2D eigenvalue weighted by Crippen LogP contribution is -2.33. The van der Waals surface area contributed by atoms with Crippen LogP contribution in [-0.4, -0.2) is 29.3 Å². The van der Waals surface area contributed by atoms with Gasteiger partial charge in [-0.2, -0.15) is 8.78 Å². The van der Waals surface area contributed by atoms with Crippen molar-refractivity contribution in [1.29, 1.82) is 0 Å². The number of unbranched alkanes of at least 4 members (excludes halogenated alkanes) is 1. The van der Waals surface area contributed by atoms with E-state index in [2.05, 4.69) is 66.9 Å². The summed E-state index contributed by atoms with van der Waals surface area (Å²) in [5, 5.41) is 4.33. The highest BCUT2D eigenvalue weighted by Gasteiger charge is 2.41. The van der Waals surface area contributed by atoms with Gasteiger partial charge in [0, 0.05) is 39.3 Å². The molecule has 5 aromatic carbocycles. The maximum atomic E-state index is 14.1. The Kier molecular flexibility index (Phi) is 10.6. The Morgan fingerprint density at radius 3 is 2.16 bits per heavy atom. The first kappa shape index (κ1) is 36.2. The molecule has 6 aromatic rings. The van der Waals surface area contributed by atoms with Gasteiger partial charge in [0.1, 0.15) is 5.75 Å². The number of fused-ring (bicyclic) bond motifs is 5. The first-order valence-corrected chi connectivity index (χ1v) is 17.9. The van der Waals surface area contributed by atoms with Crippen LogP contribution in [0.15, 0.2) is 84.9 Å². The number of ketones is 1. The van der Waals surface area contributed by atoms with Gasteiger partial charge in [-0.3, -0.25) is 4.79 Å². The van der Waals surface area contributed by atoms with Crippen molar-refractivity contribution in [1.82, 2.24) is 4.57 Å². The fourth-order valence-electron chi connectivity index (χ4n) is 7.54. The number of alkyl halides is 4. The first-order chi connectivity index (χ1) is 24.4. The van der Waals surface area contributed by atoms with Crippen LogP contribution in [-0.2, 0) is 13.0 Å². The van der Waals surface area contributed by atoms with Crippen LogP contribution in [0.25, 0.3) is 32.6 Å². The molecule has 0 amide bonds. The topological polar surface area (TPSA) is 31.2 Å². The molecule has 0 saturated heterocycles. The molecule has 1 heterocycles. The van der Waals surface area contributed by atoms with Gasteiger partial charge in [0.2, 0.25) is 0 Å². The minimum absolute atomic E-state index is 0.0109. The monoisotopic (exact) mass is 695 g/mol. The number of benzene rings is 5. The second-order valence-electron chi connectivity index (χ2n) is 14.0. The quantitative estimate of drug-likeness (QED) is 0.0839. The minimum atomic E-state index is -4.22. The van der Waals surface area contributed by atoms with E-state index in [0.29, 0.717) is 17.9 Å². The average Bonchev–Trinajstić information content (AvgIpc) is 3.41. The summed E-state index contributed by atoms with van der Waals surface area (Å²) in [5.74, 6) is -3.60. The Labute approximate surface area is 297 Å². The molecule has 0 spiro atoms. The van der Waals surface area contributed by atoms with Gasteiger partial charge in [0.25, 0.3) is 0 Å². The lowest BCUT2D eigenvalue weighted by atomic mass is 9.92. The molecule has 1 atom stereocenters. The maximum Gasteiger partial charge on any atom is 0.340 e. The standard InChI is InChI=1S/C44H45F4NO2/c1-6-8-11-30(7-2)25-49-39-19-16-32(42(50)40-28(4)20-27(3)21-29(40)5)23-37(39)38-24-33(35-12-9-10-13-36(35)41(38)49)22-31-14-17-34(18-15-31)51-26-44(47,48)43(45)46/h9-10,12-21,23-24,30,43H,6-8,11,22,25-26H2,1-5H3. The highest BCUT2D eigenvalue weighted by Crippen LogP contribution is 2.39. The van der Waals surface area contributed by atoms with Gasteiger partial charge >= 0.3 is 12.3 Å². The van der Waals surface area contributed by atoms with Crippen molar-refractivity contribution in [3.8, 4) is 5.75 Å². The number of aromatic nitrogens is 1. The summed E-state index contributed by atoms with van der Waals surface area (Å²) >= 11 is 0. The molecule has 0 radical (unpaired) electrons. The molecular formula is C44H45F4NO2. The molecule has 266 valence electrons. The number of rotatable bonds is 14. The normalized spacial score (nSPS) is 12.7. The van der Waals surface area contributed by atoms with Crippen LogP contribution in [0.5, 0.6) is 5.75 Å². The van der Waals surface area contributed by atoms with Crippen molar-refractivity contribution in [3.05, 3.63) is 124 Å². The van der Waals surface area contributed by atoms with Crippen molar-refractivity contribution < 1.29 is 27.1 Å². The lowest BCUT2D eigenvalue weighted by molar-refractivity contribution is -0.148. The Hall–Kier alpha value is -4.65. The summed E-state index contributed by atoms with van der Waals surface area (Å²) in [7, 11) is 0. The Morgan fingerprint density at radius 2 is 1.51 bits per heavy atom. The smallest absolute Gasteiger partial charge is 0.340 e. The zero-order chi connectivity index (χ0) is 36.4. The molecule has 1 aromatic heterocycles. The number of nitrogens with zero attached hydrogens (tertiary/aromatic N) is 1. The predicted octanol–water partition coefficient (Wildman–Crippen LogP) is 12.2. The largest absolute Gasteiger partial charge is 0.487 e. The highest BCUT2D eigenvalue weighted by atomic mass is 19.3. The van der Waals surface area contributed by atoms with Gasteiger partial charge in [0.05, 0.1) is 5.52 Å². The minimum Gasteiger partial charge on any atom is -0.487 e. The number of halogens is 4. The Bertz CT molecular complexity index is 2180. The second-order valence-corrected chi connectivity index (χ2v) is 14.0. The number of carbonyl (C=O) groups excluding carboxylic acids is 1. The number of ether oxygens (including phenoxy) is 1. The third-order valence-corrected chi connectivity index (χ3v) is 10.2. The van der Waals surface area contributed by atoms with Crippen LogP contribution in [0.3, 0.4) is 0 Å². The third kappa shape index (κ3) is 7.40. The SMILES string of the molecule is CCCCC(CC)Cn1c2ccc(C(=O)c3c(C)cc(C)cc3C)cc2c2cc(Cc3ccc(OCC(F)(F)C(F)F)cc3)c3ccccc3c21. The Morgan fingerprint density at radius 1 is 0.824 bits per heavy atom. The van der Waals surface area contributed by atoms with E-state index in [0.717, 1.165) is 91.8 Å². The fourth-order valence-corrected chi connectivity index (χ4v) is 7.54. The highest BCUT2D eigenvalue weighted by molar-refractivity contribution is 6.20. The van der Waals surface area contributed by atoms with Gasteiger partial charge < -0.3 is 9.30 Å². The summed E-state index contributed by atoms with van der Waals surface area (Å²) < 4.78 is 59.6. The van der Waals surface area contributed by atoms with Gasteiger partial charge in [-0.1, -0.05) is 87.2 Å². The second kappa shape index (κ2) is 14.9. The van der Waals surface area contributed by atoms with Crippen molar-refractivity contribution in [2.45, 2.75) is 85.6 Å². The maximum absolute atomic E-state index is 14.1.